The number of thioether (sulfide) groups is 2. The van der Waals surface area contributed by atoms with Crippen LogP contribution in [0.4, 0.5) is 0 Å². The third-order valence-electron chi connectivity index (χ3n) is 0.964. The van der Waals surface area contributed by atoms with E-state index in [0.29, 0.717) is 5.75 Å². The zero-order chi connectivity index (χ0) is 8.53. The van der Waals surface area contributed by atoms with E-state index in [1.165, 1.54) is 7.11 Å². The SMILES string of the molecule is [CH2]CSCCSCC(=O)OC. The molecule has 0 aliphatic heterocycles. The third-order valence-corrected chi connectivity index (χ3v) is 2.94. The van der Waals surface area contributed by atoms with Crippen LogP contribution in [0.1, 0.15) is 0 Å². The summed E-state index contributed by atoms with van der Waals surface area (Å²) in [4.78, 5) is 10.6. The average Bonchev–Trinajstić information content (AvgIpc) is 2.04. The summed E-state index contributed by atoms with van der Waals surface area (Å²) in [6.45, 7) is 3.70. The molecule has 0 atom stereocenters. The molecule has 1 radical (unpaired) electrons. The Morgan fingerprint density at radius 1 is 1.45 bits per heavy atom. The highest BCUT2D eigenvalue weighted by Gasteiger charge is 1.98. The van der Waals surface area contributed by atoms with Crippen molar-refractivity contribution in [1.82, 2.24) is 0 Å². The van der Waals surface area contributed by atoms with Gasteiger partial charge in [0.05, 0.1) is 12.9 Å². The van der Waals surface area contributed by atoms with Crippen LogP contribution in [0.15, 0.2) is 0 Å². The van der Waals surface area contributed by atoms with Gasteiger partial charge in [-0.3, -0.25) is 4.79 Å². The van der Waals surface area contributed by atoms with E-state index in [2.05, 4.69) is 11.7 Å². The van der Waals surface area contributed by atoms with Crippen LogP contribution < -0.4 is 0 Å². The fraction of sp³-hybridized carbons (Fsp3) is 0.714. The van der Waals surface area contributed by atoms with Gasteiger partial charge in [-0.2, -0.15) is 11.8 Å². The predicted molar refractivity (Wildman–Crippen MR) is 52.0 cm³/mol. The van der Waals surface area contributed by atoms with Crippen molar-refractivity contribution in [2.45, 2.75) is 0 Å². The van der Waals surface area contributed by atoms with Crippen LogP contribution in [0, 0.1) is 6.92 Å². The summed E-state index contributed by atoms with van der Waals surface area (Å²) < 4.78 is 4.48. The standard InChI is InChI=1S/C7H13O2S2/c1-3-10-4-5-11-6-7(8)9-2/h1,3-6H2,2H3. The van der Waals surface area contributed by atoms with Gasteiger partial charge in [-0.25, -0.2) is 0 Å². The molecule has 0 fully saturated rings. The van der Waals surface area contributed by atoms with E-state index in [9.17, 15) is 4.79 Å². The molecule has 0 N–H and O–H groups in total. The molecule has 0 amide bonds. The lowest BCUT2D eigenvalue weighted by Crippen LogP contribution is -2.04. The highest BCUT2D eigenvalue weighted by Crippen LogP contribution is 2.05. The summed E-state index contributed by atoms with van der Waals surface area (Å²) in [5.74, 6) is 3.28. The number of rotatable bonds is 6. The predicted octanol–water partition coefficient (Wildman–Crippen LogP) is 1.46. The van der Waals surface area contributed by atoms with Crippen LogP contribution in [0.25, 0.3) is 0 Å². The number of hydrogen-bond donors (Lipinski definition) is 0. The van der Waals surface area contributed by atoms with E-state index in [0.717, 1.165) is 17.3 Å². The van der Waals surface area contributed by atoms with Gasteiger partial charge in [-0.1, -0.05) is 0 Å². The molecule has 0 bridgehead atoms. The van der Waals surface area contributed by atoms with Gasteiger partial charge in [0, 0.05) is 11.5 Å². The summed E-state index contributed by atoms with van der Waals surface area (Å²) in [5.41, 5.74) is 0. The second-order valence-corrected chi connectivity index (χ2v) is 4.07. The van der Waals surface area contributed by atoms with Gasteiger partial charge in [0.15, 0.2) is 0 Å². The summed E-state index contributed by atoms with van der Waals surface area (Å²) in [7, 11) is 1.41. The van der Waals surface area contributed by atoms with E-state index in [1.807, 2.05) is 0 Å². The molecule has 11 heavy (non-hydrogen) atoms. The first kappa shape index (κ1) is 11.2. The van der Waals surface area contributed by atoms with Crippen molar-refractivity contribution in [1.29, 1.82) is 0 Å². The van der Waals surface area contributed by atoms with Crippen LogP contribution in [-0.2, 0) is 9.53 Å². The number of esters is 1. The maximum absolute atomic E-state index is 10.6. The summed E-state index contributed by atoms with van der Waals surface area (Å²) in [6, 6.07) is 0. The number of carbonyl (C=O) groups is 1. The Balaban J connectivity index is 2.95. The Hall–Kier alpha value is 0.170. The molecule has 2 nitrogen and oxygen atoms in total. The van der Waals surface area contributed by atoms with Crippen molar-refractivity contribution < 1.29 is 9.53 Å². The number of hydrogen-bond acceptors (Lipinski definition) is 4. The number of methoxy groups -OCH3 is 1. The second kappa shape index (κ2) is 8.27. The van der Waals surface area contributed by atoms with Crippen molar-refractivity contribution in [2.24, 2.45) is 0 Å². The van der Waals surface area contributed by atoms with E-state index in [-0.39, 0.29) is 5.97 Å². The fourth-order valence-electron chi connectivity index (χ4n) is 0.434. The van der Waals surface area contributed by atoms with Gasteiger partial charge in [-0.05, 0) is 12.7 Å². The quantitative estimate of drug-likeness (QED) is 0.471. The summed E-state index contributed by atoms with van der Waals surface area (Å²) >= 11 is 3.39. The number of ether oxygens (including phenoxy) is 1. The van der Waals surface area contributed by atoms with Crippen molar-refractivity contribution in [3.63, 3.8) is 0 Å². The Labute approximate surface area is 76.5 Å². The van der Waals surface area contributed by atoms with Crippen LogP contribution in [0.2, 0.25) is 0 Å². The first-order valence-corrected chi connectivity index (χ1v) is 5.63. The molecule has 0 unspecified atom stereocenters. The molecule has 0 aliphatic rings. The Morgan fingerprint density at radius 2 is 2.09 bits per heavy atom. The van der Waals surface area contributed by atoms with Crippen molar-refractivity contribution in [3.8, 4) is 0 Å². The van der Waals surface area contributed by atoms with Gasteiger partial charge in [0.2, 0.25) is 0 Å². The van der Waals surface area contributed by atoms with Gasteiger partial charge in [0.1, 0.15) is 0 Å². The second-order valence-electron chi connectivity index (χ2n) is 1.74. The van der Waals surface area contributed by atoms with Gasteiger partial charge in [-0.15, -0.1) is 11.8 Å². The van der Waals surface area contributed by atoms with Gasteiger partial charge >= 0.3 is 5.97 Å². The molecular formula is C7H13O2S2. The first-order valence-electron chi connectivity index (χ1n) is 3.32. The topological polar surface area (TPSA) is 26.3 Å². The molecule has 0 saturated heterocycles. The molecule has 65 valence electrons. The average molecular weight is 193 g/mol. The van der Waals surface area contributed by atoms with Gasteiger partial charge < -0.3 is 4.74 Å². The molecule has 0 aromatic rings. The van der Waals surface area contributed by atoms with Crippen LogP contribution >= 0.6 is 23.5 Å². The summed E-state index contributed by atoms with van der Waals surface area (Å²) in [5, 5.41) is 0. The van der Waals surface area contributed by atoms with Gasteiger partial charge in [0.25, 0.3) is 0 Å². The zero-order valence-electron chi connectivity index (χ0n) is 6.67. The molecule has 0 spiro atoms. The van der Waals surface area contributed by atoms with E-state index in [4.69, 9.17) is 0 Å². The van der Waals surface area contributed by atoms with E-state index >= 15 is 0 Å². The Morgan fingerprint density at radius 3 is 2.64 bits per heavy atom. The smallest absolute Gasteiger partial charge is 0.315 e. The lowest BCUT2D eigenvalue weighted by atomic mass is 10.8. The largest absolute Gasteiger partial charge is 0.468 e. The van der Waals surface area contributed by atoms with E-state index < -0.39 is 0 Å². The Bertz CT molecular complexity index is 107. The number of carbonyl (C=O) groups excluding carboxylic acids is 1. The molecule has 0 aromatic heterocycles. The summed E-state index contributed by atoms with van der Waals surface area (Å²) in [6.07, 6.45) is 0. The monoisotopic (exact) mass is 193 g/mol. The minimum Gasteiger partial charge on any atom is -0.468 e. The van der Waals surface area contributed by atoms with Crippen molar-refractivity contribution in [2.75, 3.05) is 30.1 Å². The van der Waals surface area contributed by atoms with Crippen LogP contribution in [0.5, 0.6) is 0 Å². The normalized spacial score (nSPS) is 9.64. The lowest BCUT2D eigenvalue weighted by molar-refractivity contribution is -0.137. The maximum Gasteiger partial charge on any atom is 0.315 e. The molecule has 0 rings (SSSR count). The third kappa shape index (κ3) is 8.07. The molecule has 0 heterocycles. The highest BCUT2D eigenvalue weighted by atomic mass is 32.2. The van der Waals surface area contributed by atoms with Crippen LogP contribution in [-0.4, -0.2) is 36.1 Å². The van der Waals surface area contributed by atoms with Crippen LogP contribution in [0.3, 0.4) is 0 Å². The van der Waals surface area contributed by atoms with Crippen molar-refractivity contribution >= 4 is 29.5 Å². The molecule has 0 saturated carbocycles. The lowest BCUT2D eigenvalue weighted by Gasteiger charge is -1.98. The minimum atomic E-state index is -0.144. The molecule has 0 aromatic carbocycles. The molecule has 4 heteroatoms. The molecular weight excluding hydrogens is 180 g/mol. The van der Waals surface area contributed by atoms with Crippen molar-refractivity contribution in [3.05, 3.63) is 6.92 Å². The maximum atomic E-state index is 10.6. The Kier molecular flexibility index (Phi) is 8.40. The molecule has 0 aliphatic carbocycles. The van der Waals surface area contributed by atoms with E-state index in [1.54, 1.807) is 23.5 Å². The minimum absolute atomic E-state index is 0.144. The highest BCUT2D eigenvalue weighted by molar-refractivity contribution is 8.03. The fourth-order valence-corrected chi connectivity index (χ4v) is 2.01. The zero-order valence-corrected chi connectivity index (χ0v) is 8.30. The first-order chi connectivity index (χ1) is 5.31.